The SMILES string of the molecule is CNC(=O)c1ccc(NC2c3cc(N4CCN[C@@H](C)C4)ccc3N(C(C)=O)[C@@H](O)C2C)cc1. The molecule has 4 rings (SSSR count). The van der Waals surface area contributed by atoms with E-state index in [-0.39, 0.29) is 23.8 Å². The zero-order valence-corrected chi connectivity index (χ0v) is 19.6. The van der Waals surface area contributed by atoms with Crippen LogP contribution in [0, 0.1) is 5.92 Å². The van der Waals surface area contributed by atoms with Gasteiger partial charge in [-0.15, -0.1) is 0 Å². The fourth-order valence-electron chi connectivity index (χ4n) is 4.81. The highest BCUT2D eigenvalue weighted by Gasteiger charge is 2.40. The average molecular weight is 452 g/mol. The third kappa shape index (κ3) is 4.54. The van der Waals surface area contributed by atoms with Gasteiger partial charge in [0.05, 0.1) is 11.7 Å². The van der Waals surface area contributed by atoms with Gasteiger partial charge >= 0.3 is 0 Å². The number of carbonyl (C=O) groups is 2. The third-order valence-electron chi connectivity index (χ3n) is 6.64. The Morgan fingerprint density at radius 3 is 2.48 bits per heavy atom. The Labute approximate surface area is 195 Å². The van der Waals surface area contributed by atoms with E-state index in [1.807, 2.05) is 31.2 Å². The summed E-state index contributed by atoms with van der Waals surface area (Å²) in [5.41, 5.74) is 4.23. The van der Waals surface area contributed by atoms with Crippen molar-refractivity contribution in [2.24, 2.45) is 5.92 Å². The second kappa shape index (κ2) is 9.41. The van der Waals surface area contributed by atoms with E-state index in [1.54, 1.807) is 19.2 Å². The van der Waals surface area contributed by atoms with Gasteiger partial charge in [-0.25, -0.2) is 0 Å². The Morgan fingerprint density at radius 2 is 1.85 bits per heavy atom. The van der Waals surface area contributed by atoms with Crippen molar-refractivity contribution in [3.8, 4) is 0 Å². The summed E-state index contributed by atoms with van der Waals surface area (Å²) in [6.45, 7) is 8.35. The molecule has 4 N–H and O–H groups in total. The number of anilines is 3. The summed E-state index contributed by atoms with van der Waals surface area (Å²) in [4.78, 5) is 28.1. The number of nitrogens with one attached hydrogen (secondary N) is 3. The summed E-state index contributed by atoms with van der Waals surface area (Å²) >= 11 is 0. The van der Waals surface area contributed by atoms with Crippen molar-refractivity contribution in [1.29, 1.82) is 0 Å². The molecule has 0 saturated carbocycles. The minimum atomic E-state index is -0.942. The van der Waals surface area contributed by atoms with Crippen molar-refractivity contribution < 1.29 is 14.7 Å². The summed E-state index contributed by atoms with van der Waals surface area (Å²) in [6.07, 6.45) is -0.942. The molecule has 0 bridgehead atoms. The predicted octanol–water partition coefficient (Wildman–Crippen LogP) is 2.32. The molecule has 1 fully saturated rings. The number of hydrogen-bond donors (Lipinski definition) is 4. The zero-order valence-electron chi connectivity index (χ0n) is 19.6. The Bertz CT molecular complexity index is 1030. The molecule has 2 aromatic rings. The molecule has 8 heteroatoms. The van der Waals surface area contributed by atoms with Gasteiger partial charge < -0.3 is 26.0 Å². The smallest absolute Gasteiger partial charge is 0.251 e. The van der Waals surface area contributed by atoms with Crippen molar-refractivity contribution in [2.45, 2.75) is 39.1 Å². The van der Waals surface area contributed by atoms with Gasteiger partial charge in [0, 0.05) is 68.1 Å². The van der Waals surface area contributed by atoms with Crippen molar-refractivity contribution in [3.63, 3.8) is 0 Å². The van der Waals surface area contributed by atoms with E-state index < -0.39 is 6.23 Å². The van der Waals surface area contributed by atoms with Crippen LogP contribution in [-0.4, -0.2) is 55.9 Å². The minimum absolute atomic E-state index is 0.139. The summed E-state index contributed by atoms with van der Waals surface area (Å²) in [7, 11) is 1.61. The molecule has 0 aliphatic carbocycles. The van der Waals surface area contributed by atoms with Gasteiger partial charge in [-0.3, -0.25) is 14.5 Å². The summed E-state index contributed by atoms with van der Waals surface area (Å²) in [6, 6.07) is 13.6. The van der Waals surface area contributed by atoms with E-state index in [4.69, 9.17) is 0 Å². The first-order chi connectivity index (χ1) is 15.8. The van der Waals surface area contributed by atoms with Crippen LogP contribution < -0.4 is 25.8 Å². The van der Waals surface area contributed by atoms with E-state index in [0.29, 0.717) is 11.6 Å². The number of aliphatic hydroxyl groups excluding tert-OH is 1. The molecule has 2 unspecified atom stereocenters. The normalized spacial score (nSPS) is 24.8. The topological polar surface area (TPSA) is 96.9 Å². The molecule has 33 heavy (non-hydrogen) atoms. The first kappa shape index (κ1) is 23.1. The minimum Gasteiger partial charge on any atom is -0.378 e. The molecule has 0 spiro atoms. The number of amides is 2. The Morgan fingerprint density at radius 1 is 1.12 bits per heavy atom. The van der Waals surface area contributed by atoms with Crippen LogP contribution >= 0.6 is 0 Å². The number of nitrogens with zero attached hydrogens (tertiary/aromatic N) is 2. The third-order valence-corrected chi connectivity index (χ3v) is 6.64. The van der Waals surface area contributed by atoms with Crippen LogP contribution in [0.4, 0.5) is 17.1 Å². The van der Waals surface area contributed by atoms with Crippen molar-refractivity contribution in [3.05, 3.63) is 53.6 Å². The molecule has 2 aromatic carbocycles. The average Bonchev–Trinajstić information content (AvgIpc) is 2.81. The highest BCUT2D eigenvalue weighted by atomic mass is 16.3. The molecule has 0 radical (unpaired) electrons. The fourth-order valence-corrected chi connectivity index (χ4v) is 4.81. The molecule has 2 amide bonds. The Hall–Kier alpha value is -3.10. The van der Waals surface area contributed by atoms with E-state index >= 15 is 0 Å². The molecule has 2 aliphatic heterocycles. The molecule has 176 valence electrons. The Balaban J connectivity index is 1.70. The lowest BCUT2D eigenvalue weighted by molar-refractivity contribution is -0.119. The fraction of sp³-hybridized carbons (Fsp3) is 0.440. The van der Waals surface area contributed by atoms with Crippen molar-refractivity contribution in [2.75, 3.05) is 41.8 Å². The zero-order chi connectivity index (χ0) is 23.7. The maximum Gasteiger partial charge on any atom is 0.251 e. The van der Waals surface area contributed by atoms with Gasteiger partial charge in [0.1, 0.15) is 6.23 Å². The number of piperazine rings is 1. The summed E-state index contributed by atoms with van der Waals surface area (Å²) in [5, 5.41) is 20.6. The van der Waals surface area contributed by atoms with Gasteiger partial charge in [0.2, 0.25) is 5.91 Å². The van der Waals surface area contributed by atoms with E-state index in [0.717, 1.165) is 42.3 Å². The summed E-state index contributed by atoms with van der Waals surface area (Å²) in [5.74, 6) is -0.579. The number of benzene rings is 2. The molecule has 0 aromatic heterocycles. The largest absolute Gasteiger partial charge is 0.378 e. The lowest BCUT2D eigenvalue weighted by Crippen LogP contribution is -2.50. The molecular formula is C25H33N5O3. The quantitative estimate of drug-likeness (QED) is 0.570. The number of aliphatic hydroxyl groups is 1. The van der Waals surface area contributed by atoms with E-state index in [1.165, 1.54) is 11.8 Å². The molecule has 8 nitrogen and oxygen atoms in total. The standard InChI is InChI=1S/C25H33N5O3/c1-15-14-29(12-11-27-15)20-9-10-22-21(13-20)23(16(2)25(33)30(22)17(3)31)28-19-7-5-18(6-8-19)24(32)26-4/h5-10,13,15-16,23,25,27-28,33H,11-12,14H2,1-4H3,(H,26,32)/t15-,16?,23?,25-/m0/s1. The van der Waals surface area contributed by atoms with Crippen LogP contribution in [0.25, 0.3) is 0 Å². The first-order valence-corrected chi connectivity index (χ1v) is 11.5. The lowest BCUT2D eigenvalue weighted by atomic mass is 9.86. The first-order valence-electron chi connectivity index (χ1n) is 11.5. The maximum absolute atomic E-state index is 12.4. The van der Waals surface area contributed by atoms with E-state index in [2.05, 4.69) is 33.8 Å². The summed E-state index contributed by atoms with van der Waals surface area (Å²) < 4.78 is 0. The predicted molar refractivity (Wildman–Crippen MR) is 131 cm³/mol. The van der Waals surface area contributed by atoms with Crippen molar-refractivity contribution >= 4 is 28.9 Å². The number of hydrogen-bond acceptors (Lipinski definition) is 6. The molecule has 2 heterocycles. The second-order valence-corrected chi connectivity index (χ2v) is 8.98. The van der Waals surface area contributed by atoms with Gasteiger partial charge in [0.15, 0.2) is 0 Å². The van der Waals surface area contributed by atoms with Gasteiger partial charge in [-0.05, 0) is 49.4 Å². The van der Waals surface area contributed by atoms with Crippen LogP contribution in [0.3, 0.4) is 0 Å². The van der Waals surface area contributed by atoms with Gasteiger partial charge in [0.25, 0.3) is 5.91 Å². The lowest BCUT2D eigenvalue weighted by Gasteiger charge is -2.43. The molecular weight excluding hydrogens is 418 g/mol. The van der Waals surface area contributed by atoms with Crippen molar-refractivity contribution in [1.82, 2.24) is 10.6 Å². The molecule has 4 atom stereocenters. The number of rotatable bonds is 4. The second-order valence-electron chi connectivity index (χ2n) is 8.98. The van der Waals surface area contributed by atoms with Crippen LogP contribution in [-0.2, 0) is 4.79 Å². The highest BCUT2D eigenvalue weighted by molar-refractivity contribution is 5.95. The van der Waals surface area contributed by atoms with Crippen LogP contribution in [0.15, 0.2) is 42.5 Å². The number of carbonyl (C=O) groups excluding carboxylic acids is 2. The van der Waals surface area contributed by atoms with Crippen LogP contribution in [0.1, 0.15) is 42.7 Å². The molecule has 2 aliphatic rings. The Kier molecular flexibility index (Phi) is 6.58. The maximum atomic E-state index is 12.4. The van der Waals surface area contributed by atoms with Gasteiger partial charge in [-0.1, -0.05) is 6.92 Å². The monoisotopic (exact) mass is 451 g/mol. The molecule has 1 saturated heterocycles. The van der Waals surface area contributed by atoms with E-state index in [9.17, 15) is 14.7 Å². The number of fused-ring (bicyclic) bond motifs is 1. The van der Waals surface area contributed by atoms with Gasteiger partial charge in [-0.2, -0.15) is 0 Å². The van der Waals surface area contributed by atoms with Crippen LogP contribution in [0.5, 0.6) is 0 Å². The van der Waals surface area contributed by atoms with Crippen LogP contribution in [0.2, 0.25) is 0 Å². The highest BCUT2D eigenvalue weighted by Crippen LogP contribution is 2.43.